The molecular weight excluding hydrogens is 240 g/mol. The maximum absolute atomic E-state index is 10.5. The molecule has 0 aromatic rings. The minimum absolute atomic E-state index is 0.232. The lowest BCUT2D eigenvalue weighted by atomic mass is 10.1. The molecule has 0 aromatic carbocycles. The third-order valence-electron chi connectivity index (χ3n) is 3.00. The fourth-order valence-electron chi connectivity index (χ4n) is 2.03. The molecule has 0 spiro atoms. The van der Waals surface area contributed by atoms with E-state index >= 15 is 0 Å². The zero-order valence-corrected chi connectivity index (χ0v) is 13.3. The zero-order valence-electron chi connectivity index (χ0n) is 13.3. The van der Waals surface area contributed by atoms with Crippen LogP contribution in [0.1, 0.15) is 91.9 Å². The minimum atomic E-state index is -0.348. The van der Waals surface area contributed by atoms with E-state index in [0.29, 0.717) is 6.42 Å². The van der Waals surface area contributed by atoms with Crippen molar-refractivity contribution in [3.05, 3.63) is 0 Å². The first-order chi connectivity index (χ1) is 8.99. The zero-order chi connectivity index (χ0) is 14.6. The predicted octanol–water partition coefficient (Wildman–Crippen LogP) is 4.06. The fraction of sp³-hybridized carbons (Fsp3) is 0.938. The van der Waals surface area contributed by atoms with Gasteiger partial charge in [0.15, 0.2) is 5.60 Å². The van der Waals surface area contributed by atoms with Crippen LogP contribution in [0.5, 0.6) is 0 Å². The molecule has 0 bridgehead atoms. The van der Waals surface area contributed by atoms with Gasteiger partial charge in [-0.15, -0.1) is 0 Å². The van der Waals surface area contributed by atoms with Crippen LogP contribution in [0, 0.1) is 0 Å². The maximum Gasteiger partial charge on any atom is 0.497 e. The third kappa shape index (κ3) is 13.5. The number of unbranched alkanes of at least 4 members (excludes halogenated alkanes) is 8. The molecule has 0 fully saturated rings. The van der Waals surface area contributed by atoms with Crippen molar-refractivity contribution in [2.24, 2.45) is 0 Å². The molecule has 0 aliphatic heterocycles. The second kappa shape index (κ2) is 11.1. The lowest BCUT2D eigenvalue weighted by Crippen LogP contribution is -2.26. The Bertz CT molecular complexity index is 229. The van der Waals surface area contributed by atoms with Crippen molar-refractivity contribution in [3.8, 4) is 0 Å². The highest BCUT2D eigenvalue weighted by Crippen LogP contribution is 2.13. The number of esters is 1. The van der Waals surface area contributed by atoms with Crippen molar-refractivity contribution >= 4 is 5.97 Å². The van der Waals surface area contributed by atoms with E-state index < -0.39 is 0 Å². The van der Waals surface area contributed by atoms with Gasteiger partial charge in [-0.2, -0.15) is 0 Å². The van der Waals surface area contributed by atoms with E-state index in [-0.39, 0.29) is 11.6 Å². The summed E-state index contributed by atoms with van der Waals surface area (Å²) in [6, 6.07) is 0. The molecule has 3 heteroatoms. The summed E-state index contributed by atoms with van der Waals surface area (Å²) in [5.74, 6) is 0.232. The SMILES string of the molecule is CCCCCCCCCCCC(OC(C)(C)C)=[O+][O-]. The van der Waals surface area contributed by atoms with Crippen molar-refractivity contribution in [3.63, 3.8) is 0 Å². The van der Waals surface area contributed by atoms with Gasteiger partial charge in [0.2, 0.25) is 0 Å². The van der Waals surface area contributed by atoms with Crippen LogP contribution in [0.4, 0.5) is 0 Å². The van der Waals surface area contributed by atoms with Crippen molar-refractivity contribution in [1.29, 1.82) is 0 Å². The molecule has 0 amide bonds. The molecule has 0 aliphatic carbocycles. The van der Waals surface area contributed by atoms with Gasteiger partial charge >= 0.3 is 5.97 Å². The first-order valence-corrected chi connectivity index (χ1v) is 7.84. The Kier molecular flexibility index (Phi) is 10.7. The molecule has 114 valence electrons. The second-order valence-corrected chi connectivity index (χ2v) is 6.25. The molecule has 0 saturated heterocycles. The van der Waals surface area contributed by atoms with Gasteiger partial charge in [-0.1, -0.05) is 58.3 Å². The average Bonchev–Trinajstić information content (AvgIpc) is 2.34. The van der Waals surface area contributed by atoms with Gasteiger partial charge < -0.3 is 9.99 Å². The fourth-order valence-corrected chi connectivity index (χ4v) is 2.03. The molecule has 0 atom stereocenters. The molecule has 0 N–H and O–H groups in total. The van der Waals surface area contributed by atoms with Gasteiger partial charge in [-0.05, 0) is 6.42 Å². The number of carbonyl (C=O) groups excluding carboxylic acids is 1. The van der Waals surface area contributed by atoms with E-state index in [4.69, 9.17) is 4.74 Å². The summed E-state index contributed by atoms with van der Waals surface area (Å²) >= 11 is 0. The molecule has 0 aromatic heterocycles. The minimum Gasteiger partial charge on any atom is -0.588 e. The van der Waals surface area contributed by atoms with E-state index in [1.165, 1.54) is 44.9 Å². The summed E-state index contributed by atoms with van der Waals surface area (Å²) < 4.78 is 9.48. The Balaban J connectivity index is 3.42. The monoisotopic (exact) mass is 272 g/mol. The highest BCUT2D eigenvalue weighted by molar-refractivity contribution is 5.69. The average molecular weight is 272 g/mol. The lowest BCUT2D eigenvalue weighted by molar-refractivity contribution is -1.05. The van der Waals surface area contributed by atoms with E-state index in [1.54, 1.807) is 0 Å². The van der Waals surface area contributed by atoms with Crippen molar-refractivity contribution in [2.75, 3.05) is 0 Å². The predicted molar refractivity (Wildman–Crippen MR) is 77.7 cm³/mol. The van der Waals surface area contributed by atoms with Crippen molar-refractivity contribution in [1.82, 2.24) is 0 Å². The normalized spacial score (nSPS) is 12.7. The maximum atomic E-state index is 10.5. The van der Waals surface area contributed by atoms with Crippen LogP contribution in [-0.2, 0) is 9.31 Å². The first kappa shape index (κ1) is 18.3. The van der Waals surface area contributed by atoms with Crippen LogP contribution in [0.15, 0.2) is 0 Å². The largest absolute Gasteiger partial charge is 0.588 e. The summed E-state index contributed by atoms with van der Waals surface area (Å²) in [5.41, 5.74) is -0.348. The summed E-state index contributed by atoms with van der Waals surface area (Å²) in [6.45, 7) is 8.00. The Labute approximate surface area is 119 Å². The molecule has 0 saturated carbocycles. The number of ether oxygens (including phenoxy) is 1. The highest BCUT2D eigenvalue weighted by atomic mass is 17.1. The third-order valence-corrected chi connectivity index (χ3v) is 3.00. The summed E-state index contributed by atoms with van der Waals surface area (Å²) in [7, 11) is 0. The summed E-state index contributed by atoms with van der Waals surface area (Å²) in [5, 5.41) is 10.5. The van der Waals surface area contributed by atoms with E-state index in [9.17, 15) is 5.26 Å². The molecule has 0 aliphatic rings. The van der Waals surface area contributed by atoms with Crippen molar-refractivity contribution < 1.29 is 14.6 Å². The Morgan fingerprint density at radius 2 is 1.37 bits per heavy atom. The summed E-state index contributed by atoms with van der Waals surface area (Å²) in [6.07, 6.45) is 12.0. The smallest absolute Gasteiger partial charge is 0.497 e. The van der Waals surface area contributed by atoms with Crippen LogP contribution in [0.2, 0.25) is 0 Å². The van der Waals surface area contributed by atoms with Crippen molar-refractivity contribution in [2.45, 2.75) is 97.5 Å². The highest BCUT2D eigenvalue weighted by Gasteiger charge is 2.25. The van der Waals surface area contributed by atoms with Crippen LogP contribution >= 0.6 is 0 Å². The van der Waals surface area contributed by atoms with Crippen LogP contribution in [-0.4, -0.2) is 11.6 Å². The van der Waals surface area contributed by atoms with E-state index in [1.807, 2.05) is 20.8 Å². The molecule has 0 heterocycles. The van der Waals surface area contributed by atoms with Crippen LogP contribution in [0.3, 0.4) is 0 Å². The molecule has 19 heavy (non-hydrogen) atoms. The van der Waals surface area contributed by atoms with Gasteiger partial charge in [-0.25, -0.2) is 0 Å². The van der Waals surface area contributed by atoms with Gasteiger partial charge in [-0.3, -0.25) is 4.58 Å². The molecule has 3 nitrogen and oxygen atoms in total. The van der Waals surface area contributed by atoms with Crippen LogP contribution in [0.25, 0.3) is 0 Å². The van der Waals surface area contributed by atoms with E-state index in [2.05, 4.69) is 11.5 Å². The Hall–Kier alpha value is -0.730. The van der Waals surface area contributed by atoms with E-state index in [0.717, 1.165) is 12.8 Å². The quantitative estimate of drug-likeness (QED) is 0.198. The van der Waals surface area contributed by atoms with Crippen LogP contribution < -0.4 is 5.26 Å². The molecule has 0 rings (SSSR count). The Morgan fingerprint density at radius 3 is 1.79 bits per heavy atom. The number of hydrogen-bond acceptors (Lipinski definition) is 2. The standard InChI is InChI=1S/C16H32O3/c1-5-6-7-8-9-10-11-12-13-14-15(19-17)18-16(2,3)4/h5-14H2,1-4H3. The lowest BCUT2D eigenvalue weighted by Gasteiger charge is -2.11. The van der Waals surface area contributed by atoms with Gasteiger partial charge in [0.05, 0.1) is 0 Å². The molecular formula is C16H32O3. The molecule has 0 radical (unpaired) electrons. The number of hydrogen-bond donors (Lipinski definition) is 0. The topological polar surface area (TPSA) is 43.6 Å². The van der Waals surface area contributed by atoms with Gasteiger partial charge in [0.25, 0.3) is 0 Å². The number of rotatable bonds is 10. The van der Waals surface area contributed by atoms with Gasteiger partial charge in [0.1, 0.15) is 6.42 Å². The second-order valence-electron chi connectivity index (χ2n) is 6.25. The Morgan fingerprint density at radius 1 is 0.895 bits per heavy atom. The van der Waals surface area contributed by atoms with Gasteiger partial charge in [0, 0.05) is 20.8 Å². The first-order valence-electron chi connectivity index (χ1n) is 7.84. The molecule has 0 unspecified atom stereocenters. The summed E-state index contributed by atoms with van der Waals surface area (Å²) in [4.78, 5) is 0.